The summed E-state index contributed by atoms with van der Waals surface area (Å²) >= 11 is 0. The molecule has 1 aliphatic heterocycles. The molecule has 140 valence electrons. The molecule has 1 saturated heterocycles. The summed E-state index contributed by atoms with van der Waals surface area (Å²) in [5.41, 5.74) is -0.549. The smallest absolute Gasteiger partial charge is 0.246 e. The van der Waals surface area contributed by atoms with E-state index in [4.69, 9.17) is 0 Å². The number of anilines is 1. The van der Waals surface area contributed by atoms with Gasteiger partial charge >= 0.3 is 0 Å². The topological polar surface area (TPSA) is 84.3 Å². The molecule has 1 aliphatic rings. The summed E-state index contributed by atoms with van der Waals surface area (Å²) in [6.07, 6.45) is 2.43. The zero-order valence-corrected chi connectivity index (χ0v) is 14.8. The number of aryl methyl sites for hydroxylation is 1. The number of halogens is 2. The predicted octanol–water partition coefficient (Wildman–Crippen LogP) is 1.31. The minimum absolute atomic E-state index is 0.312. The van der Waals surface area contributed by atoms with Gasteiger partial charge in [-0.1, -0.05) is 6.07 Å². The monoisotopic (exact) mass is 384 g/mol. The zero-order valence-electron chi connectivity index (χ0n) is 14.0. The van der Waals surface area contributed by atoms with Crippen molar-refractivity contribution < 1.29 is 22.0 Å². The maximum atomic E-state index is 13.7. The van der Waals surface area contributed by atoms with E-state index in [0.29, 0.717) is 25.2 Å². The van der Waals surface area contributed by atoms with Gasteiger partial charge in [0.15, 0.2) is 0 Å². The predicted molar refractivity (Wildman–Crippen MR) is 90.7 cm³/mol. The van der Waals surface area contributed by atoms with E-state index in [2.05, 4.69) is 9.82 Å². The number of benzene rings is 1. The van der Waals surface area contributed by atoms with E-state index in [0.717, 1.165) is 18.2 Å². The van der Waals surface area contributed by atoms with Crippen LogP contribution in [0, 0.1) is 11.6 Å². The summed E-state index contributed by atoms with van der Waals surface area (Å²) in [5.74, 6) is -2.62. The van der Waals surface area contributed by atoms with Crippen molar-refractivity contribution in [3.05, 3.63) is 47.7 Å². The number of carbonyl (C=O) groups is 1. The summed E-state index contributed by atoms with van der Waals surface area (Å²) < 4.78 is 55.9. The normalized spacial score (nSPS) is 18.3. The number of hydrogen-bond acceptors (Lipinski definition) is 4. The highest BCUT2D eigenvalue weighted by atomic mass is 32.2. The molecule has 1 unspecified atom stereocenters. The number of sulfonamides is 1. The highest BCUT2D eigenvalue weighted by molar-refractivity contribution is 7.88. The third-order valence-electron chi connectivity index (χ3n) is 4.23. The second-order valence-corrected chi connectivity index (χ2v) is 7.83. The average Bonchev–Trinajstić information content (AvgIpc) is 2.99. The first-order valence-electron chi connectivity index (χ1n) is 8.01. The third-order valence-corrected chi connectivity index (χ3v) is 5.54. The first-order valence-corrected chi connectivity index (χ1v) is 9.66. The lowest BCUT2D eigenvalue weighted by Gasteiger charge is -2.32. The number of hydrogen-bond donors (Lipinski definition) is 1. The molecular weight excluding hydrogens is 366 g/mol. The van der Waals surface area contributed by atoms with Gasteiger partial charge < -0.3 is 0 Å². The Morgan fingerprint density at radius 3 is 2.58 bits per heavy atom. The Morgan fingerprint density at radius 2 is 1.96 bits per heavy atom. The fourth-order valence-electron chi connectivity index (χ4n) is 2.96. The molecule has 1 aromatic heterocycles. The molecule has 0 spiro atoms. The highest BCUT2D eigenvalue weighted by Gasteiger charge is 2.34. The second kappa shape index (κ2) is 7.12. The van der Waals surface area contributed by atoms with Gasteiger partial charge in [-0.15, -0.1) is 0 Å². The molecule has 0 aliphatic carbocycles. The molecule has 0 radical (unpaired) electrons. The van der Waals surface area contributed by atoms with E-state index in [-0.39, 0.29) is 0 Å². The van der Waals surface area contributed by atoms with Crippen molar-refractivity contribution in [3.8, 4) is 0 Å². The maximum Gasteiger partial charge on any atom is 0.246 e. The summed E-state index contributed by atoms with van der Waals surface area (Å²) in [5, 5.41) is 4.00. The van der Waals surface area contributed by atoms with Gasteiger partial charge in [-0.3, -0.25) is 14.4 Å². The number of piperidine rings is 1. The molecular formula is C16H18F2N4O3S. The molecule has 0 bridgehead atoms. The standard InChI is InChI=1S/C16H18F2N4O3S/c1-21-15(7-8-19-21)22-9-3-6-14(16(22)23)20-26(24,25)10-11-12(17)4-2-5-13(11)18/h2,4-5,7-8,14,20H,3,6,9-10H2,1H3. The number of nitrogens with one attached hydrogen (secondary N) is 1. The summed E-state index contributed by atoms with van der Waals surface area (Å²) in [6.45, 7) is 0.443. The van der Waals surface area contributed by atoms with Crippen molar-refractivity contribution in [1.29, 1.82) is 0 Å². The van der Waals surface area contributed by atoms with E-state index >= 15 is 0 Å². The summed E-state index contributed by atoms with van der Waals surface area (Å²) in [7, 11) is -2.44. The van der Waals surface area contributed by atoms with Crippen LogP contribution in [0.25, 0.3) is 0 Å². The molecule has 1 aromatic carbocycles. The molecule has 1 N–H and O–H groups in total. The number of carbonyl (C=O) groups excluding carboxylic acids is 1. The van der Waals surface area contributed by atoms with Crippen LogP contribution in [-0.4, -0.2) is 36.7 Å². The number of rotatable bonds is 5. The summed E-state index contributed by atoms with van der Waals surface area (Å²) in [6, 6.07) is 3.81. The van der Waals surface area contributed by atoms with Crippen LogP contribution in [0.4, 0.5) is 14.6 Å². The van der Waals surface area contributed by atoms with Gasteiger partial charge in [-0.2, -0.15) is 5.10 Å². The Labute approximate surface area is 149 Å². The van der Waals surface area contributed by atoms with Gasteiger partial charge in [-0.25, -0.2) is 21.9 Å². The van der Waals surface area contributed by atoms with Crippen molar-refractivity contribution in [2.75, 3.05) is 11.4 Å². The first kappa shape index (κ1) is 18.5. The Kier molecular flexibility index (Phi) is 5.05. The van der Waals surface area contributed by atoms with Gasteiger partial charge in [0.2, 0.25) is 15.9 Å². The Hall–Kier alpha value is -2.33. The maximum absolute atomic E-state index is 13.7. The number of nitrogens with zero attached hydrogens (tertiary/aromatic N) is 3. The van der Waals surface area contributed by atoms with Crippen LogP contribution in [-0.2, 0) is 27.6 Å². The minimum atomic E-state index is -4.11. The van der Waals surface area contributed by atoms with E-state index in [1.54, 1.807) is 13.1 Å². The molecule has 2 aromatic rings. The van der Waals surface area contributed by atoms with Gasteiger partial charge in [-0.05, 0) is 25.0 Å². The minimum Gasteiger partial charge on any atom is -0.296 e. The number of aromatic nitrogens is 2. The van der Waals surface area contributed by atoms with Crippen molar-refractivity contribution in [1.82, 2.24) is 14.5 Å². The molecule has 1 fully saturated rings. The van der Waals surface area contributed by atoms with Gasteiger partial charge in [0.25, 0.3) is 0 Å². The lowest BCUT2D eigenvalue weighted by molar-refractivity contribution is -0.121. The molecule has 1 atom stereocenters. The fourth-order valence-corrected chi connectivity index (χ4v) is 4.35. The van der Waals surface area contributed by atoms with E-state index < -0.39 is 44.9 Å². The van der Waals surface area contributed by atoms with Crippen LogP contribution < -0.4 is 9.62 Å². The summed E-state index contributed by atoms with van der Waals surface area (Å²) in [4.78, 5) is 14.1. The quantitative estimate of drug-likeness (QED) is 0.843. The van der Waals surface area contributed by atoms with Crippen molar-refractivity contribution in [3.63, 3.8) is 0 Å². The van der Waals surface area contributed by atoms with E-state index in [1.165, 1.54) is 15.8 Å². The average molecular weight is 384 g/mol. The number of amides is 1. The lowest BCUT2D eigenvalue weighted by atomic mass is 10.1. The fraction of sp³-hybridized carbons (Fsp3) is 0.375. The molecule has 7 nitrogen and oxygen atoms in total. The molecule has 26 heavy (non-hydrogen) atoms. The van der Waals surface area contributed by atoms with Crippen LogP contribution in [0.1, 0.15) is 18.4 Å². The third kappa shape index (κ3) is 3.75. The van der Waals surface area contributed by atoms with Crippen molar-refractivity contribution in [2.45, 2.75) is 24.6 Å². The molecule has 0 saturated carbocycles. The zero-order chi connectivity index (χ0) is 18.9. The Balaban J connectivity index is 1.77. The largest absolute Gasteiger partial charge is 0.296 e. The molecule has 3 rings (SSSR count). The van der Waals surface area contributed by atoms with Crippen LogP contribution >= 0.6 is 0 Å². The second-order valence-electron chi connectivity index (χ2n) is 6.07. The van der Waals surface area contributed by atoms with Gasteiger partial charge in [0.05, 0.1) is 11.9 Å². The SMILES string of the molecule is Cn1nccc1N1CCCC(NS(=O)(=O)Cc2c(F)cccc2F)C1=O. The Bertz CT molecular complexity index is 909. The highest BCUT2D eigenvalue weighted by Crippen LogP contribution is 2.21. The van der Waals surface area contributed by atoms with Crippen LogP contribution in [0.2, 0.25) is 0 Å². The van der Waals surface area contributed by atoms with E-state index in [1.807, 2.05) is 0 Å². The van der Waals surface area contributed by atoms with Crippen molar-refractivity contribution in [2.24, 2.45) is 7.05 Å². The van der Waals surface area contributed by atoms with Crippen LogP contribution in [0.15, 0.2) is 30.5 Å². The van der Waals surface area contributed by atoms with E-state index in [9.17, 15) is 22.0 Å². The van der Waals surface area contributed by atoms with Gasteiger partial charge in [0, 0.05) is 25.2 Å². The van der Waals surface area contributed by atoms with Gasteiger partial charge in [0.1, 0.15) is 23.5 Å². The van der Waals surface area contributed by atoms with Crippen molar-refractivity contribution >= 4 is 21.7 Å². The first-order chi connectivity index (χ1) is 12.3. The molecule has 1 amide bonds. The lowest BCUT2D eigenvalue weighted by Crippen LogP contribution is -2.53. The van der Waals surface area contributed by atoms with Crippen LogP contribution in [0.5, 0.6) is 0 Å². The van der Waals surface area contributed by atoms with Crippen LogP contribution in [0.3, 0.4) is 0 Å². The molecule has 10 heteroatoms. The molecule has 2 heterocycles. The Morgan fingerprint density at radius 1 is 1.27 bits per heavy atom.